The van der Waals surface area contributed by atoms with Crippen molar-refractivity contribution in [2.45, 2.75) is 0 Å². The van der Waals surface area contributed by atoms with E-state index >= 15 is 0 Å². The average Bonchev–Trinajstić information content (AvgIpc) is 2.16. The quantitative estimate of drug-likeness (QED) is 0.282. The molecule has 0 saturated heterocycles. The van der Waals surface area contributed by atoms with Gasteiger partial charge >= 0.3 is 0 Å². The molecular weight excluding hydrogens is 343 g/mol. The third kappa shape index (κ3) is 4.06. The number of hydrazone groups is 1. The van der Waals surface area contributed by atoms with Gasteiger partial charge in [0.25, 0.3) is 5.69 Å². The number of nitrogens with two attached hydrogens (primary N) is 1. The van der Waals surface area contributed by atoms with Crippen LogP contribution in [-0.2, 0) is 0 Å². The smallest absolute Gasteiger partial charge is 0.271 e. The van der Waals surface area contributed by atoms with Gasteiger partial charge in [-0.15, -0.1) is 0 Å². The maximum atomic E-state index is 10.6. The van der Waals surface area contributed by atoms with Gasteiger partial charge in [0.05, 0.1) is 11.1 Å². The predicted octanol–water partition coefficient (Wildman–Crippen LogP) is 1.37. The minimum absolute atomic E-state index is 0.0173. The van der Waals surface area contributed by atoms with Gasteiger partial charge in [-0.1, -0.05) is 0 Å². The third-order valence-electron chi connectivity index (χ3n) is 1.50. The number of nitro benzene ring substituents is 1. The molecule has 0 atom stereocenters. The largest absolute Gasteiger partial charge is 0.375 e. The first-order valence-corrected chi connectivity index (χ1v) is 5.51. The highest BCUT2D eigenvalue weighted by atomic mass is 127. The molecule has 0 unspecified atom stereocenters. The Morgan fingerprint density at radius 3 is 2.88 bits per heavy atom. The molecule has 0 bridgehead atoms. The molecule has 1 aromatic rings. The highest BCUT2D eigenvalue weighted by Crippen LogP contribution is 2.17. The molecule has 6 nitrogen and oxygen atoms in total. The Hall–Kier alpha value is -1.29. The molecule has 0 spiro atoms. The fraction of sp³-hybridized carbons (Fsp3) is 0. The monoisotopic (exact) mass is 350 g/mol. The fourth-order valence-corrected chi connectivity index (χ4v) is 1.68. The lowest BCUT2D eigenvalue weighted by molar-refractivity contribution is -0.384. The molecule has 0 saturated carbocycles. The standard InChI is InChI=1S/C8H7IN4O2S/c9-6-1-5(4-11-12-8(10)16)2-7(3-6)13(14)15/h1-4H,(H3,10,12,16). The summed E-state index contributed by atoms with van der Waals surface area (Å²) < 4.78 is 0.753. The van der Waals surface area contributed by atoms with Crippen LogP contribution in [0.5, 0.6) is 0 Å². The van der Waals surface area contributed by atoms with E-state index in [2.05, 4.69) is 22.7 Å². The summed E-state index contributed by atoms with van der Waals surface area (Å²) in [6, 6.07) is 4.63. The zero-order valence-corrected chi connectivity index (χ0v) is 10.9. The molecule has 1 rings (SSSR count). The lowest BCUT2D eigenvalue weighted by Gasteiger charge is -1.97. The number of hydrogen-bond donors (Lipinski definition) is 2. The zero-order valence-electron chi connectivity index (χ0n) is 7.88. The van der Waals surface area contributed by atoms with E-state index in [-0.39, 0.29) is 10.8 Å². The van der Waals surface area contributed by atoms with Crippen LogP contribution in [0.15, 0.2) is 23.3 Å². The number of halogens is 1. The second-order valence-electron chi connectivity index (χ2n) is 2.73. The summed E-state index contributed by atoms with van der Waals surface area (Å²) in [5.41, 5.74) is 8.15. The van der Waals surface area contributed by atoms with Gasteiger partial charge in [-0.2, -0.15) is 5.10 Å². The van der Waals surface area contributed by atoms with Gasteiger partial charge in [-0.3, -0.25) is 15.5 Å². The van der Waals surface area contributed by atoms with Crippen LogP contribution in [0.1, 0.15) is 5.56 Å². The molecule has 0 aliphatic carbocycles. The summed E-state index contributed by atoms with van der Waals surface area (Å²) in [6.07, 6.45) is 1.41. The van der Waals surface area contributed by atoms with Crippen LogP contribution >= 0.6 is 34.8 Å². The Bertz CT molecular complexity index is 463. The second kappa shape index (κ2) is 5.70. The van der Waals surface area contributed by atoms with Crippen molar-refractivity contribution in [1.82, 2.24) is 5.43 Å². The van der Waals surface area contributed by atoms with E-state index in [1.54, 1.807) is 6.07 Å². The Kier molecular flexibility index (Phi) is 4.55. The van der Waals surface area contributed by atoms with Crippen molar-refractivity contribution >= 4 is 51.8 Å². The second-order valence-corrected chi connectivity index (χ2v) is 4.42. The molecule has 0 amide bonds. The third-order valence-corrected chi connectivity index (χ3v) is 2.22. The van der Waals surface area contributed by atoms with E-state index in [1.165, 1.54) is 18.3 Å². The minimum atomic E-state index is -0.458. The molecule has 1 aromatic carbocycles. The molecule has 16 heavy (non-hydrogen) atoms. The van der Waals surface area contributed by atoms with E-state index in [0.29, 0.717) is 5.56 Å². The van der Waals surface area contributed by atoms with Crippen LogP contribution in [0.2, 0.25) is 0 Å². The van der Waals surface area contributed by atoms with Gasteiger partial charge in [-0.25, -0.2) is 0 Å². The molecule has 0 fully saturated rings. The number of benzene rings is 1. The predicted molar refractivity (Wildman–Crippen MR) is 73.3 cm³/mol. The van der Waals surface area contributed by atoms with Crippen LogP contribution < -0.4 is 11.2 Å². The SMILES string of the molecule is NC(=S)NN=Cc1cc(I)cc([N+](=O)[O-])c1. The summed E-state index contributed by atoms with van der Waals surface area (Å²) in [6.45, 7) is 0. The fourth-order valence-electron chi connectivity index (χ4n) is 0.947. The number of rotatable bonds is 3. The Morgan fingerprint density at radius 1 is 1.62 bits per heavy atom. The topological polar surface area (TPSA) is 93.5 Å². The van der Waals surface area contributed by atoms with Gasteiger partial charge in [0.1, 0.15) is 0 Å². The summed E-state index contributed by atoms with van der Waals surface area (Å²) in [7, 11) is 0. The van der Waals surface area contributed by atoms with Crippen molar-refractivity contribution in [2.24, 2.45) is 10.8 Å². The Morgan fingerprint density at radius 2 is 2.31 bits per heavy atom. The van der Waals surface area contributed by atoms with Crippen molar-refractivity contribution in [3.8, 4) is 0 Å². The van der Waals surface area contributed by atoms with Crippen LogP contribution in [0.4, 0.5) is 5.69 Å². The summed E-state index contributed by atoms with van der Waals surface area (Å²) in [5.74, 6) is 0. The zero-order chi connectivity index (χ0) is 12.1. The van der Waals surface area contributed by atoms with Gasteiger partial charge in [0.2, 0.25) is 0 Å². The molecule has 3 N–H and O–H groups in total. The number of thiocarbonyl (C=S) groups is 1. The highest BCUT2D eigenvalue weighted by molar-refractivity contribution is 14.1. The maximum absolute atomic E-state index is 10.6. The number of nitrogens with one attached hydrogen (secondary N) is 1. The van der Waals surface area contributed by atoms with Crippen molar-refractivity contribution in [1.29, 1.82) is 0 Å². The summed E-state index contributed by atoms with van der Waals surface area (Å²) in [5, 5.41) is 14.3. The first-order valence-electron chi connectivity index (χ1n) is 4.02. The van der Waals surface area contributed by atoms with E-state index < -0.39 is 4.92 Å². The molecule has 0 heterocycles. The van der Waals surface area contributed by atoms with Crippen LogP contribution in [0.25, 0.3) is 0 Å². The number of nitro groups is 1. The summed E-state index contributed by atoms with van der Waals surface area (Å²) in [4.78, 5) is 10.1. The van der Waals surface area contributed by atoms with Crippen LogP contribution in [0, 0.1) is 13.7 Å². The van der Waals surface area contributed by atoms with E-state index in [1.807, 2.05) is 22.6 Å². The van der Waals surface area contributed by atoms with E-state index in [9.17, 15) is 10.1 Å². The minimum Gasteiger partial charge on any atom is -0.375 e. The Balaban J connectivity index is 2.92. The van der Waals surface area contributed by atoms with Gasteiger partial charge in [-0.05, 0) is 40.9 Å². The number of non-ortho nitro benzene ring substituents is 1. The maximum Gasteiger partial charge on any atom is 0.271 e. The van der Waals surface area contributed by atoms with Gasteiger partial charge in [0, 0.05) is 21.3 Å². The summed E-state index contributed by atoms with van der Waals surface area (Å²) >= 11 is 6.54. The highest BCUT2D eigenvalue weighted by Gasteiger charge is 2.07. The van der Waals surface area contributed by atoms with Gasteiger partial charge < -0.3 is 5.73 Å². The van der Waals surface area contributed by atoms with Crippen LogP contribution in [-0.4, -0.2) is 16.3 Å². The Labute approximate surface area is 110 Å². The molecule has 0 radical (unpaired) electrons. The number of hydrogen-bond acceptors (Lipinski definition) is 4. The lowest BCUT2D eigenvalue weighted by atomic mass is 10.2. The molecular formula is C8H7IN4O2S. The lowest BCUT2D eigenvalue weighted by Crippen LogP contribution is -2.23. The molecule has 8 heteroatoms. The molecule has 0 aliphatic rings. The first-order chi connectivity index (χ1) is 7.49. The van der Waals surface area contributed by atoms with Crippen molar-refractivity contribution in [3.05, 3.63) is 37.4 Å². The van der Waals surface area contributed by atoms with Crippen molar-refractivity contribution < 1.29 is 4.92 Å². The van der Waals surface area contributed by atoms with E-state index in [4.69, 9.17) is 5.73 Å². The van der Waals surface area contributed by atoms with Crippen molar-refractivity contribution in [3.63, 3.8) is 0 Å². The van der Waals surface area contributed by atoms with Crippen LogP contribution in [0.3, 0.4) is 0 Å². The molecule has 0 aromatic heterocycles. The normalized spacial score (nSPS) is 10.3. The van der Waals surface area contributed by atoms with E-state index in [0.717, 1.165) is 3.57 Å². The molecule has 0 aliphatic heterocycles. The van der Waals surface area contributed by atoms with Crippen molar-refractivity contribution in [2.75, 3.05) is 0 Å². The molecule has 84 valence electrons. The average molecular weight is 350 g/mol. The van der Waals surface area contributed by atoms with Gasteiger partial charge in [0.15, 0.2) is 5.11 Å². The number of nitrogens with zero attached hydrogens (tertiary/aromatic N) is 2. The first kappa shape index (κ1) is 12.8.